The summed E-state index contributed by atoms with van der Waals surface area (Å²) < 4.78 is 0. The first-order valence-corrected chi connectivity index (χ1v) is 4.89. The predicted molar refractivity (Wildman–Crippen MR) is 71.8 cm³/mol. The van der Waals surface area contributed by atoms with Crippen LogP contribution in [0.2, 0.25) is 0 Å². The molecule has 0 nitrogen and oxygen atoms in total. The maximum atomic E-state index is 2.20. The molecular weight excluding hydrogens is 271 g/mol. The van der Waals surface area contributed by atoms with Crippen molar-refractivity contribution in [2.75, 3.05) is 0 Å². The van der Waals surface area contributed by atoms with Crippen molar-refractivity contribution in [2.45, 2.75) is 40.0 Å². The van der Waals surface area contributed by atoms with Gasteiger partial charge in [0.05, 0.1) is 0 Å². The molecule has 0 atom stereocenters. The molecule has 1 aromatic carbocycles. The van der Waals surface area contributed by atoms with E-state index < -0.39 is 0 Å². The molecule has 0 amide bonds. The molecule has 0 saturated heterocycles. The van der Waals surface area contributed by atoms with Crippen molar-refractivity contribution < 1.29 is 0 Å². The van der Waals surface area contributed by atoms with E-state index in [2.05, 4.69) is 51.1 Å². The summed E-state index contributed by atoms with van der Waals surface area (Å²) >= 11 is 0. The van der Waals surface area contributed by atoms with E-state index in [1.807, 2.05) is 0 Å². The van der Waals surface area contributed by atoms with E-state index in [0.717, 1.165) is 0 Å². The Morgan fingerprint density at radius 3 is 1.77 bits per heavy atom. The van der Waals surface area contributed by atoms with Gasteiger partial charge in [-0.1, -0.05) is 63.9 Å². The van der Waals surface area contributed by atoms with E-state index >= 15 is 0 Å². The zero-order chi connectivity index (χ0) is 9.23. The molecule has 0 aliphatic carbocycles. The van der Waals surface area contributed by atoms with Crippen molar-refractivity contribution in [2.24, 2.45) is 0 Å². The highest BCUT2D eigenvalue weighted by Crippen LogP contribution is 2.00. The summed E-state index contributed by atoms with van der Waals surface area (Å²) in [5.74, 6) is 0. The number of aryl methyl sites for hydroxylation is 1. The Bertz CT molecular complexity index is 170. The first-order chi connectivity index (χ1) is 5.85. The largest absolute Gasteiger partial charge is 0.107 e. The lowest BCUT2D eigenvalue weighted by molar-refractivity contribution is 0.922. The summed E-state index contributed by atoms with van der Waals surface area (Å²) in [5, 5.41) is 0. The van der Waals surface area contributed by atoms with Crippen LogP contribution in [0.15, 0.2) is 30.3 Å². The third kappa shape index (κ3) is 9.87. The number of hydrogen-bond donors (Lipinski definition) is 0. The van der Waals surface area contributed by atoms with Crippen molar-refractivity contribution in [3.8, 4) is 0 Å². The Labute approximate surface area is 99.8 Å². The molecule has 1 rings (SSSR count). The van der Waals surface area contributed by atoms with Crippen molar-refractivity contribution in [3.05, 3.63) is 35.9 Å². The molecule has 0 fully saturated rings. The fourth-order valence-corrected chi connectivity index (χ4v) is 0.933. The van der Waals surface area contributed by atoms with E-state index in [1.165, 1.54) is 24.8 Å². The maximum Gasteiger partial charge on any atom is -0.0281 e. The Hall–Kier alpha value is -0.0500. The van der Waals surface area contributed by atoms with Gasteiger partial charge in [-0.3, -0.25) is 0 Å². The Kier molecular flexibility index (Phi) is 14.2. The van der Waals surface area contributed by atoms with Crippen LogP contribution in [0.25, 0.3) is 0 Å². The lowest BCUT2D eigenvalue weighted by Gasteiger charge is -1.93. The molecule has 76 valence electrons. The van der Waals surface area contributed by atoms with Crippen LogP contribution in [0.3, 0.4) is 0 Å². The van der Waals surface area contributed by atoms with Crippen LogP contribution in [0, 0.1) is 0 Å². The molecular formula is C12H21I. The van der Waals surface area contributed by atoms with Gasteiger partial charge in [0.2, 0.25) is 0 Å². The second-order valence-electron chi connectivity index (χ2n) is 2.94. The normalized spacial score (nSPS) is 7.92. The van der Waals surface area contributed by atoms with E-state index in [1.54, 1.807) is 0 Å². The maximum absolute atomic E-state index is 2.20. The van der Waals surface area contributed by atoms with Gasteiger partial charge >= 0.3 is 0 Å². The van der Waals surface area contributed by atoms with Crippen LogP contribution >= 0.6 is 24.0 Å². The fourth-order valence-electron chi connectivity index (χ4n) is 0.933. The zero-order valence-electron chi connectivity index (χ0n) is 8.92. The number of halogens is 1. The highest BCUT2D eigenvalue weighted by Gasteiger charge is 1.84. The monoisotopic (exact) mass is 292 g/mol. The van der Waals surface area contributed by atoms with Crippen molar-refractivity contribution in [1.82, 2.24) is 0 Å². The van der Waals surface area contributed by atoms with Crippen molar-refractivity contribution >= 4 is 24.0 Å². The number of rotatable bonds is 2. The molecule has 13 heavy (non-hydrogen) atoms. The Balaban J connectivity index is 0. The minimum absolute atomic E-state index is 0. The molecule has 1 aromatic rings. The minimum Gasteiger partial charge on any atom is -0.107 e. The molecule has 0 spiro atoms. The summed E-state index contributed by atoms with van der Waals surface area (Å²) in [5.41, 5.74) is 1.44. The number of hydrogen-bond acceptors (Lipinski definition) is 0. The van der Waals surface area contributed by atoms with Crippen LogP contribution in [0.5, 0.6) is 0 Å². The SMILES string of the molecule is CCC.CCCc1ccccc1.I. The van der Waals surface area contributed by atoms with Crippen molar-refractivity contribution in [3.63, 3.8) is 0 Å². The molecule has 0 unspecified atom stereocenters. The standard InChI is InChI=1S/C9H12.C3H8.HI/c1-2-6-9-7-4-3-5-8-9;1-3-2;/h3-5,7-8H,2,6H2,1H3;3H2,1-2H3;1H. The van der Waals surface area contributed by atoms with Gasteiger partial charge < -0.3 is 0 Å². The Morgan fingerprint density at radius 1 is 0.923 bits per heavy atom. The third-order valence-electron chi connectivity index (χ3n) is 1.38. The van der Waals surface area contributed by atoms with E-state index in [-0.39, 0.29) is 24.0 Å². The molecule has 0 aliphatic rings. The van der Waals surface area contributed by atoms with Gasteiger partial charge in [-0.2, -0.15) is 0 Å². The quantitative estimate of drug-likeness (QED) is 0.695. The molecule has 1 heteroatoms. The highest BCUT2D eigenvalue weighted by molar-refractivity contribution is 14.0. The molecule has 0 saturated carbocycles. The van der Waals surface area contributed by atoms with Gasteiger partial charge in [0, 0.05) is 0 Å². The Morgan fingerprint density at radius 2 is 1.38 bits per heavy atom. The van der Waals surface area contributed by atoms with Gasteiger partial charge in [-0.15, -0.1) is 24.0 Å². The fraction of sp³-hybridized carbons (Fsp3) is 0.500. The molecule has 0 bridgehead atoms. The summed E-state index contributed by atoms with van der Waals surface area (Å²) in [6.45, 7) is 6.45. The molecule has 0 heterocycles. The molecule has 0 aliphatic heterocycles. The van der Waals surface area contributed by atoms with Gasteiger partial charge in [0.1, 0.15) is 0 Å². The average Bonchev–Trinajstić information content (AvgIpc) is 2.08. The third-order valence-corrected chi connectivity index (χ3v) is 1.38. The molecule has 0 aromatic heterocycles. The summed E-state index contributed by atoms with van der Waals surface area (Å²) in [4.78, 5) is 0. The smallest absolute Gasteiger partial charge is 0.0281 e. The van der Waals surface area contributed by atoms with Gasteiger partial charge in [-0.25, -0.2) is 0 Å². The zero-order valence-corrected chi connectivity index (χ0v) is 11.2. The van der Waals surface area contributed by atoms with Crippen LogP contribution in [-0.4, -0.2) is 0 Å². The van der Waals surface area contributed by atoms with Gasteiger partial charge in [0.25, 0.3) is 0 Å². The summed E-state index contributed by atoms with van der Waals surface area (Å²) in [6, 6.07) is 10.6. The minimum atomic E-state index is 0. The van der Waals surface area contributed by atoms with Crippen LogP contribution in [-0.2, 0) is 6.42 Å². The first kappa shape index (κ1) is 15.4. The topological polar surface area (TPSA) is 0 Å². The predicted octanol–water partition coefficient (Wildman–Crippen LogP) is 4.67. The molecule has 0 N–H and O–H groups in total. The van der Waals surface area contributed by atoms with Crippen LogP contribution in [0.1, 0.15) is 39.2 Å². The summed E-state index contributed by atoms with van der Waals surface area (Å²) in [6.07, 6.45) is 3.70. The second kappa shape index (κ2) is 11.9. The van der Waals surface area contributed by atoms with E-state index in [4.69, 9.17) is 0 Å². The van der Waals surface area contributed by atoms with Gasteiger partial charge in [0.15, 0.2) is 0 Å². The number of benzene rings is 1. The van der Waals surface area contributed by atoms with Gasteiger partial charge in [-0.05, 0) is 12.0 Å². The van der Waals surface area contributed by atoms with Crippen molar-refractivity contribution in [1.29, 1.82) is 0 Å². The average molecular weight is 292 g/mol. The lowest BCUT2D eigenvalue weighted by atomic mass is 10.1. The van der Waals surface area contributed by atoms with Crippen LogP contribution < -0.4 is 0 Å². The van der Waals surface area contributed by atoms with E-state index in [9.17, 15) is 0 Å². The summed E-state index contributed by atoms with van der Waals surface area (Å²) in [7, 11) is 0. The molecule has 0 radical (unpaired) electrons. The van der Waals surface area contributed by atoms with E-state index in [0.29, 0.717) is 0 Å². The van der Waals surface area contributed by atoms with Crippen LogP contribution in [0.4, 0.5) is 0 Å². The second-order valence-corrected chi connectivity index (χ2v) is 2.94. The lowest BCUT2D eigenvalue weighted by Crippen LogP contribution is -1.78. The first-order valence-electron chi connectivity index (χ1n) is 4.89. The highest BCUT2D eigenvalue weighted by atomic mass is 127.